The van der Waals surface area contributed by atoms with E-state index < -0.39 is 4.92 Å². The fraction of sp³-hybridized carbons (Fsp3) is 0. The highest BCUT2D eigenvalue weighted by Crippen LogP contribution is 2.20. The predicted octanol–water partition coefficient (Wildman–Crippen LogP) is 2.73. The van der Waals surface area contributed by atoms with E-state index in [-0.39, 0.29) is 10.7 Å². The first kappa shape index (κ1) is 13.2. The number of rotatable bonds is 4. The third-order valence-corrected chi connectivity index (χ3v) is 2.99. The summed E-state index contributed by atoms with van der Waals surface area (Å²) in [5.41, 5.74) is 8.54. The van der Waals surface area contributed by atoms with Gasteiger partial charge in [0.1, 0.15) is 5.82 Å². The molecule has 0 spiro atoms. The largest absolute Gasteiger partial charge is 0.383 e. The molecule has 0 saturated heterocycles. The van der Waals surface area contributed by atoms with E-state index >= 15 is 0 Å². The van der Waals surface area contributed by atoms with Crippen molar-refractivity contribution in [3.8, 4) is 0 Å². The van der Waals surface area contributed by atoms with E-state index in [4.69, 9.17) is 17.3 Å². The Kier molecular flexibility index (Phi) is 3.93. The zero-order valence-electron chi connectivity index (χ0n) is 9.41. The molecular formula is C10H8ClN5O2S. The molecule has 0 aliphatic carbocycles. The SMILES string of the molecule is Nc1csc(NN=Cc2cc(Cl)cc([N+](=O)[O-])c2)n1. The van der Waals surface area contributed by atoms with Crippen LogP contribution in [0.4, 0.5) is 16.6 Å². The van der Waals surface area contributed by atoms with Gasteiger partial charge in [0.15, 0.2) is 0 Å². The number of halogens is 1. The Morgan fingerprint density at radius 3 is 2.95 bits per heavy atom. The van der Waals surface area contributed by atoms with Crippen molar-refractivity contribution in [2.75, 3.05) is 11.2 Å². The van der Waals surface area contributed by atoms with E-state index in [1.165, 1.54) is 29.7 Å². The van der Waals surface area contributed by atoms with Crippen LogP contribution < -0.4 is 11.2 Å². The van der Waals surface area contributed by atoms with Crippen molar-refractivity contribution in [1.82, 2.24) is 4.98 Å². The number of non-ortho nitro benzene ring substituents is 1. The van der Waals surface area contributed by atoms with Gasteiger partial charge in [0.2, 0.25) is 5.13 Å². The molecule has 9 heteroatoms. The monoisotopic (exact) mass is 297 g/mol. The molecule has 2 aromatic rings. The molecule has 7 nitrogen and oxygen atoms in total. The van der Waals surface area contributed by atoms with Gasteiger partial charge in [-0.2, -0.15) is 5.10 Å². The third kappa shape index (κ3) is 3.63. The second-order valence-electron chi connectivity index (χ2n) is 3.45. The molecule has 1 aromatic carbocycles. The Bertz CT molecular complexity index is 643. The number of nitro benzene ring substituents is 1. The Hall–Kier alpha value is -2.19. The summed E-state index contributed by atoms with van der Waals surface area (Å²) in [5.74, 6) is 0.404. The number of hydrogen-bond acceptors (Lipinski definition) is 7. The Labute approximate surface area is 116 Å². The molecule has 0 unspecified atom stereocenters. The molecule has 98 valence electrons. The van der Waals surface area contributed by atoms with Crippen molar-refractivity contribution in [3.05, 3.63) is 44.3 Å². The molecule has 19 heavy (non-hydrogen) atoms. The molecule has 2 rings (SSSR count). The number of anilines is 2. The highest BCUT2D eigenvalue weighted by molar-refractivity contribution is 7.14. The molecule has 3 N–H and O–H groups in total. The van der Waals surface area contributed by atoms with Gasteiger partial charge in [-0.15, -0.1) is 11.3 Å². The van der Waals surface area contributed by atoms with Crippen LogP contribution in [0.5, 0.6) is 0 Å². The van der Waals surface area contributed by atoms with Crippen LogP contribution in [0.1, 0.15) is 5.56 Å². The molecule has 1 aromatic heterocycles. The Balaban J connectivity index is 2.12. The molecule has 1 heterocycles. The summed E-state index contributed by atoms with van der Waals surface area (Å²) < 4.78 is 0. The fourth-order valence-electron chi connectivity index (χ4n) is 1.28. The number of thiazole rings is 1. The number of benzene rings is 1. The van der Waals surface area contributed by atoms with Gasteiger partial charge in [-0.3, -0.25) is 15.5 Å². The van der Waals surface area contributed by atoms with Crippen LogP contribution in [-0.4, -0.2) is 16.1 Å². The van der Waals surface area contributed by atoms with Crippen LogP contribution in [-0.2, 0) is 0 Å². The van der Waals surface area contributed by atoms with Crippen LogP contribution in [0.2, 0.25) is 5.02 Å². The Morgan fingerprint density at radius 2 is 2.32 bits per heavy atom. The van der Waals surface area contributed by atoms with Crippen molar-refractivity contribution in [1.29, 1.82) is 0 Å². The van der Waals surface area contributed by atoms with Gasteiger partial charge in [-0.05, 0) is 6.07 Å². The van der Waals surface area contributed by atoms with E-state index in [1.807, 2.05) is 0 Å². The summed E-state index contributed by atoms with van der Waals surface area (Å²) in [7, 11) is 0. The zero-order valence-corrected chi connectivity index (χ0v) is 11.0. The summed E-state index contributed by atoms with van der Waals surface area (Å²) in [5, 5.41) is 17.0. The van der Waals surface area contributed by atoms with Crippen LogP contribution in [0.15, 0.2) is 28.7 Å². The lowest BCUT2D eigenvalue weighted by Crippen LogP contribution is -1.93. The number of nitrogens with zero attached hydrogens (tertiary/aromatic N) is 3. The minimum atomic E-state index is -0.516. The average molecular weight is 298 g/mol. The Morgan fingerprint density at radius 1 is 1.53 bits per heavy atom. The number of aromatic nitrogens is 1. The topological polar surface area (TPSA) is 106 Å². The second-order valence-corrected chi connectivity index (χ2v) is 4.74. The van der Waals surface area contributed by atoms with Crippen LogP contribution in [0, 0.1) is 10.1 Å². The van der Waals surface area contributed by atoms with Crippen LogP contribution in [0.25, 0.3) is 0 Å². The number of hydrazone groups is 1. The number of nitrogens with one attached hydrogen (secondary N) is 1. The van der Waals surface area contributed by atoms with E-state index in [0.717, 1.165) is 0 Å². The zero-order chi connectivity index (χ0) is 13.8. The minimum Gasteiger partial charge on any atom is -0.383 e. The molecule has 0 amide bonds. The van der Waals surface area contributed by atoms with E-state index in [0.29, 0.717) is 16.5 Å². The molecule has 0 aliphatic heterocycles. The maximum absolute atomic E-state index is 10.7. The highest BCUT2D eigenvalue weighted by Gasteiger charge is 2.07. The van der Waals surface area contributed by atoms with E-state index in [1.54, 1.807) is 11.4 Å². The summed E-state index contributed by atoms with van der Waals surface area (Å²) in [6, 6.07) is 4.21. The van der Waals surface area contributed by atoms with Crippen molar-refractivity contribution in [2.24, 2.45) is 5.10 Å². The standard InChI is InChI=1S/C10H8ClN5O2S/c11-7-1-6(2-8(3-7)16(17)18)4-13-15-10-14-9(12)5-19-10/h1-5H,12H2,(H,14,15). The van der Waals surface area contributed by atoms with Gasteiger partial charge in [0, 0.05) is 28.1 Å². The first-order valence-corrected chi connectivity index (χ1v) is 6.25. The molecule has 0 saturated carbocycles. The second kappa shape index (κ2) is 5.63. The van der Waals surface area contributed by atoms with Gasteiger partial charge in [0.25, 0.3) is 5.69 Å². The normalized spacial score (nSPS) is 10.8. The summed E-state index contributed by atoms with van der Waals surface area (Å²) in [6.07, 6.45) is 1.41. The average Bonchev–Trinajstić information content (AvgIpc) is 2.74. The molecule has 0 bridgehead atoms. The van der Waals surface area contributed by atoms with Crippen LogP contribution in [0.3, 0.4) is 0 Å². The number of nitrogen functional groups attached to an aromatic ring is 1. The number of hydrogen-bond donors (Lipinski definition) is 2. The predicted molar refractivity (Wildman–Crippen MR) is 75.8 cm³/mol. The van der Waals surface area contributed by atoms with E-state index in [9.17, 15) is 10.1 Å². The van der Waals surface area contributed by atoms with Gasteiger partial charge < -0.3 is 5.73 Å². The highest BCUT2D eigenvalue weighted by atomic mass is 35.5. The van der Waals surface area contributed by atoms with Gasteiger partial charge >= 0.3 is 0 Å². The maximum Gasteiger partial charge on any atom is 0.271 e. The molecular weight excluding hydrogens is 290 g/mol. The first-order valence-electron chi connectivity index (χ1n) is 4.99. The van der Waals surface area contributed by atoms with E-state index in [2.05, 4.69) is 15.5 Å². The molecule has 0 fully saturated rings. The maximum atomic E-state index is 10.7. The van der Waals surface area contributed by atoms with Crippen molar-refractivity contribution >= 4 is 45.8 Å². The lowest BCUT2D eigenvalue weighted by atomic mass is 10.2. The van der Waals surface area contributed by atoms with Crippen LogP contribution >= 0.6 is 22.9 Å². The lowest BCUT2D eigenvalue weighted by Gasteiger charge is -1.97. The first-order chi connectivity index (χ1) is 9.04. The number of nitro groups is 1. The molecule has 0 atom stereocenters. The molecule has 0 aliphatic rings. The van der Waals surface area contributed by atoms with Gasteiger partial charge in [0.05, 0.1) is 11.1 Å². The van der Waals surface area contributed by atoms with Crippen molar-refractivity contribution in [2.45, 2.75) is 0 Å². The minimum absolute atomic E-state index is 0.0903. The summed E-state index contributed by atoms with van der Waals surface area (Å²) in [6.45, 7) is 0. The van der Waals surface area contributed by atoms with Gasteiger partial charge in [-0.1, -0.05) is 11.6 Å². The lowest BCUT2D eigenvalue weighted by molar-refractivity contribution is -0.384. The van der Waals surface area contributed by atoms with Crippen molar-refractivity contribution in [3.63, 3.8) is 0 Å². The van der Waals surface area contributed by atoms with Gasteiger partial charge in [-0.25, -0.2) is 4.98 Å². The third-order valence-electron chi connectivity index (χ3n) is 2.01. The summed E-state index contributed by atoms with van der Waals surface area (Å²) >= 11 is 7.08. The molecule has 0 radical (unpaired) electrons. The van der Waals surface area contributed by atoms with Crippen molar-refractivity contribution < 1.29 is 4.92 Å². The quantitative estimate of drug-likeness (QED) is 0.512. The fourth-order valence-corrected chi connectivity index (χ4v) is 2.06. The smallest absolute Gasteiger partial charge is 0.271 e. The summed E-state index contributed by atoms with van der Waals surface area (Å²) in [4.78, 5) is 14.1. The number of nitrogens with two attached hydrogens (primary N) is 1.